The molecule has 1 atom stereocenters. The number of hydrogen-bond donors (Lipinski definition) is 1. The molecule has 1 N–H and O–H groups in total. The molecule has 0 aliphatic carbocycles. The third-order valence-electron chi connectivity index (χ3n) is 2.48. The van der Waals surface area contributed by atoms with Crippen molar-refractivity contribution >= 4 is 5.91 Å². The predicted molar refractivity (Wildman–Crippen MR) is 50.3 cm³/mol. The Balaban J connectivity index is 2.25. The molecule has 0 aromatic rings. The molecular weight excluding hydrogens is 184 g/mol. The summed E-state index contributed by atoms with van der Waals surface area (Å²) in [5.41, 5.74) is 0. The molecule has 1 radical (unpaired) electrons. The molecule has 14 heavy (non-hydrogen) atoms. The first kappa shape index (κ1) is 11.4. The highest BCUT2D eigenvalue weighted by Gasteiger charge is 2.19. The van der Waals surface area contributed by atoms with Crippen LogP contribution in [0.4, 0.5) is 0 Å². The average molecular weight is 201 g/mol. The number of rotatable bonds is 3. The number of carbonyl (C=O) groups is 1. The minimum Gasteiger partial charge on any atom is -0.389 e. The van der Waals surface area contributed by atoms with Crippen molar-refractivity contribution in [2.45, 2.75) is 13.0 Å². The number of amides is 1. The fraction of sp³-hybridized carbons (Fsp3) is 0.889. The lowest BCUT2D eigenvalue weighted by atomic mass is 10.2. The van der Waals surface area contributed by atoms with E-state index in [1.807, 2.05) is 4.90 Å². The highest BCUT2D eigenvalue weighted by atomic mass is 16.3. The second kappa shape index (κ2) is 5.29. The van der Waals surface area contributed by atoms with Crippen molar-refractivity contribution in [2.75, 3.05) is 39.3 Å². The van der Waals surface area contributed by atoms with E-state index in [1.165, 1.54) is 0 Å². The summed E-state index contributed by atoms with van der Waals surface area (Å²) in [4.78, 5) is 14.8. The van der Waals surface area contributed by atoms with Crippen LogP contribution in [-0.2, 0) is 9.90 Å². The van der Waals surface area contributed by atoms with Crippen LogP contribution < -0.4 is 0 Å². The van der Waals surface area contributed by atoms with Gasteiger partial charge in [0.15, 0.2) is 0 Å². The zero-order valence-electron chi connectivity index (χ0n) is 8.48. The topological polar surface area (TPSA) is 63.7 Å². The number of β-amino-alcohol motifs (C(OH)–C–C–N with tert-alkyl or cyclic N) is 1. The van der Waals surface area contributed by atoms with Crippen LogP contribution in [0.5, 0.6) is 0 Å². The molecule has 1 amide bonds. The van der Waals surface area contributed by atoms with Gasteiger partial charge in [-0.15, -0.1) is 0 Å². The fourth-order valence-electron chi connectivity index (χ4n) is 1.60. The van der Waals surface area contributed by atoms with Crippen LogP contribution in [0.25, 0.3) is 0 Å². The Labute approximate surface area is 83.9 Å². The Bertz CT molecular complexity index is 190. The minimum absolute atomic E-state index is 0.0917. The summed E-state index contributed by atoms with van der Waals surface area (Å²) >= 11 is 0. The maximum atomic E-state index is 11.0. The SMILES string of the molecule is CC(=O)N1CCN(CC(O)C[O])CC1. The number of nitrogens with zero attached hydrogens (tertiary/aromatic N) is 2. The van der Waals surface area contributed by atoms with Gasteiger partial charge in [-0.2, -0.15) is 0 Å². The van der Waals surface area contributed by atoms with Gasteiger partial charge >= 0.3 is 0 Å². The van der Waals surface area contributed by atoms with Crippen LogP contribution in [0.3, 0.4) is 0 Å². The zero-order chi connectivity index (χ0) is 10.6. The molecule has 0 aromatic heterocycles. The largest absolute Gasteiger partial charge is 0.389 e. The normalized spacial score (nSPS) is 20.9. The first-order valence-electron chi connectivity index (χ1n) is 4.87. The molecule has 1 heterocycles. The van der Waals surface area contributed by atoms with Crippen molar-refractivity contribution < 1.29 is 15.0 Å². The van der Waals surface area contributed by atoms with E-state index < -0.39 is 12.7 Å². The molecule has 1 rings (SSSR count). The van der Waals surface area contributed by atoms with Gasteiger partial charge in [0.2, 0.25) is 5.91 Å². The summed E-state index contributed by atoms with van der Waals surface area (Å²) in [6.45, 7) is 4.42. The van der Waals surface area contributed by atoms with E-state index >= 15 is 0 Å². The van der Waals surface area contributed by atoms with Gasteiger partial charge in [-0.05, 0) is 0 Å². The predicted octanol–water partition coefficient (Wildman–Crippen LogP) is -1.06. The quantitative estimate of drug-likeness (QED) is 0.633. The third kappa shape index (κ3) is 3.25. The molecule has 0 spiro atoms. The summed E-state index contributed by atoms with van der Waals surface area (Å²) in [7, 11) is 0. The third-order valence-corrected chi connectivity index (χ3v) is 2.48. The van der Waals surface area contributed by atoms with E-state index in [9.17, 15) is 9.90 Å². The Morgan fingerprint density at radius 1 is 1.36 bits per heavy atom. The molecule has 1 aliphatic heterocycles. The maximum Gasteiger partial charge on any atom is 0.219 e. The lowest BCUT2D eigenvalue weighted by molar-refractivity contribution is -0.130. The van der Waals surface area contributed by atoms with Crippen molar-refractivity contribution in [2.24, 2.45) is 0 Å². The molecule has 5 heteroatoms. The molecule has 1 aliphatic rings. The first-order valence-corrected chi connectivity index (χ1v) is 4.87. The molecule has 81 valence electrons. The lowest BCUT2D eigenvalue weighted by Crippen LogP contribution is -2.50. The summed E-state index contributed by atoms with van der Waals surface area (Å²) in [5, 5.41) is 19.5. The van der Waals surface area contributed by atoms with Crippen LogP contribution in [0.1, 0.15) is 6.92 Å². The van der Waals surface area contributed by atoms with Gasteiger partial charge < -0.3 is 10.0 Å². The summed E-state index contributed by atoms with van der Waals surface area (Å²) in [6, 6.07) is 0. The van der Waals surface area contributed by atoms with Gasteiger partial charge in [0.1, 0.15) is 6.61 Å². The van der Waals surface area contributed by atoms with E-state index in [1.54, 1.807) is 11.8 Å². The standard InChI is InChI=1S/C9H17N2O3/c1-8(13)11-4-2-10(3-5-11)6-9(14)7-12/h9,14H,2-7H2,1H3. The molecular formula is C9H17N2O3. The van der Waals surface area contributed by atoms with Crippen LogP contribution in [0, 0.1) is 0 Å². The van der Waals surface area contributed by atoms with Gasteiger partial charge in [0, 0.05) is 39.6 Å². The van der Waals surface area contributed by atoms with Crippen molar-refractivity contribution in [1.82, 2.24) is 9.80 Å². The van der Waals surface area contributed by atoms with Gasteiger partial charge in [0.05, 0.1) is 6.10 Å². The lowest BCUT2D eigenvalue weighted by Gasteiger charge is -2.34. The number of hydrogen-bond acceptors (Lipinski definition) is 3. The second-order valence-corrected chi connectivity index (χ2v) is 3.63. The van der Waals surface area contributed by atoms with Crippen LogP contribution in [0.2, 0.25) is 0 Å². The van der Waals surface area contributed by atoms with Crippen LogP contribution >= 0.6 is 0 Å². The minimum atomic E-state index is -0.779. The van der Waals surface area contributed by atoms with Gasteiger partial charge in [-0.1, -0.05) is 0 Å². The molecule has 5 nitrogen and oxygen atoms in total. The smallest absolute Gasteiger partial charge is 0.219 e. The zero-order valence-corrected chi connectivity index (χ0v) is 8.48. The molecule has 0 aromatic carbocycles. The molecule has 1 saturated heterocycles. The van der Waals surface area contributed by atoms with Gasteiger partial charge in [-0.25, -0.2) is 5.11 Å². The van der Waals surface area contributed by atoms with E-state index in [4.69, 9.17) is 5.11 Å². The van der Waals surface area contributed by atoms with E-state index in [2.05, 4.69) is 0 Å². The molecule has 0 saturated carbocycles. The van der Waals surface area contributed by atoms with Crippen molar-refractivity contribution in [3.63, 3.8) is 0 Å². The van der Waals surface area contributed by atoms with Crippen molar-refractivity contribution in [3.8, 4) is 0 Å². The number of aliphatic hydroxyl groups excluding tert-OH is 1. The Kier molecular flexibility index (Phi) is 4.31. The maximum absolute atomic E-state index is 11.0. The highest BCUT2D eigenvalue weighted by molar-refractivity contribution is 5.73. The van der Waals surface area contributed by atoms with Crippen LogP contribution in [-0.4, -0.2) is 66.2 Å². The highest BCUT2D eigenvalue weighted by Crippen LogP contribution is 2.02. The summed E-state index contributed by atoms with van der Waals surface area (Å²) < 4.78 is 0. The Hall–Kier alpha value is -0.650. The Morgan fingerprint density at radius 3 is 2.36 bits per heavy atom. The summed E-state index contributed by atoms with van der Waals surface area (Å²) in [6.07, 6.45) is -0.779. The van der Waals surface area contributed by atoms with Gasteiger partial charge in [-0.3, -0.25) is 9.69 Å². The van der Waals surface area contributed by atoms with Crippen molar-refractivity contribution in [1.29, 1.82) is 0 Å². The van der Waals surface area contributed by atoms with E-state index in [0.29, 0.717) is 19.6 Å². The number of piperazine rings is 1. The molecule has 0 bridgehead atoms. The van der Waals surface area contributed by atoms with E-state index in [-0.39, 0.29) is 5.91 Å². The average Bonchev–Trinajstić information content (AvgIpc) is 2.18. The van der Waals surface area contributed by atoms with Gasteiger partial charge in [0.25, 0.3) is 0 Å². The summed E-state index contributed by atoms with van der Waals surface area (Å²) in [5.74, 6) is 0.0917. The molecule has 1 unspecified atom stereocenters. The monoisotopic (exact) mass is 201 g/mol. The number of carbonyl (C=O) groups excluding carboxylic acids is 1. The second-order valence-electron chi connectivity index (χ2n) is 3.63. The van der Waals surface area contributed by atoms with Crippen LogP contribution in [0.15, 0.2) is 0 Å². The van der Waals surface area contributed by atoms with E-state index in [0.717, 1.165) is 13.1 Å². The Morgan fingerprint density at radius 2 is 1.93 bits per heavy atom. The molecule has 1 fully saturated rings. The number of aliphatic hydroxyl groups is 1. The first-order chi connectivity index (χ1) is 6.63. The fourth-order valence-corrected chi connectivity index (χ4v) is 1.60. The van der Waals surface area contributed by atoms with Crippen molar-refractivity contribution in [3.05, 3.63) is 0 Å².